The summed E-state index contributed by atoms with van der Waals surface area (Å²) in [5.41, 5.74) is -0.377. The van der Waals surface area contributed by atoms with Gasteiger partial charge in [0.2, 0.25) is 5.95 Å². The standard InChI is InChI=1S/C10H18N4O/c1-10(2,7-15)13-8-5-6-11-9(12-8)14(3)4/h5-6,15H,7H2,1-4H3,(H,11,12,13). The van der Waals surface area contributed by atoms with E-state index in [-0.39, 0.29) is 12.1 Å². The van der Waals surface area contributed by atoms with Crippen LogP contribution < -0.4 is 10.2 Å². The molecule has 5 nitrogen and oxygen atoms in total. The molecule has 0 aliphatic carbocycles. The van der Waals surface area contributed by atoms with Gasteiger partial charge in [0.25, 0.3) is 0 Å². The first-order chi connectivity index (χ1) is 6.94. The molecule has 15 heavy (non-hydrogen) atoms. The highest BCUT2D eigenvalue weighted by molar-refractivity contribution is 5.42. The monoisotopic (exact) mass is 210 g/mol. The maximum Gasteiger partial charge on any atom is 0.226 e. The fraction of sp³-hybridized carbons (Fsp3) is 0.600. The summed E-state index contributed by atoms with van der Waals surface area (Å²) in [6, 6.07) is 1.78. The van der Waals surface area contributed by atoms with E-state index in [1.165, 1.54) is 0 Å². The summed E-state index contributed by atoms with van der Waals surface area (Å²) in [4.78, 5) is 10.2. The Hall–Kier alpha value is -1.36. The second kappa shape index (κ2) is 4.44. The lowest BCUT2D eigenvalue weighted by atomic mass is 10.1. The molecular formula is C10H18N4O. The second-order valence-corrected chi connectivity index (χ2v) is 4.30. The fourth-order valence-electron chi connectivity index (χ4n) is 1.02. The highest BCUT2D eigenvalue weighted by atomic mass is 16.3. The van der Waals surface area contributed by atoms with Crippen LogP contribution in [0.15, 0.2) is 12.3 Å². The summed E-state index contributed by atoms with van der Waals surface area (Å²) in [5, 5.41) is 12.3. The first kappa shape index (κ1) is 11.7. The zero-order chi connectivity index (χ0) is 11.5. The number of aromatic nitrogens is 2. The average molecular weight is 210 g/mol. The zero-order valence-electron chi connectivity index (χ0n) is 9.65. The molecule has 0 aromatic carbocycles. The van der Waals surface area contributed by atoms with Crippen molar-refractivity contribution in [1.29, 1.82) is 0 Å². The molecule has 0 radical (unpaired) electrons. The molecule has 1 aromatic rings. The van der Waals surface area contributed by atoms with Crippen molar-refractivity contribution in [1.82, 2.24) is 9.97 Å². The third kappa shape index (κ3) is 3.36. The zero-order valence-corrected chi connectivity index (χ0v) is 9.65. The van der Waals surface area contributed by atoms with Gasteiger partial charge in [-0.25, -0.2) is 4.98 Å². The highest BCUT2D eigenvalue weighted by Gasteiger charge is 2.16. The Labute approximate surface area is 90.2 Å². The minimum atomic E-state index is -0.377. The van der Waals surface area contributed by atoms with Gasteiger partial charge < -0.3 is 15.3 Å². The average Bonchev–Trinajstić information content (AvgIpc) is 2.17. The number of nitrogens with zero attached hydrogens (tertiary/aromatic N) is 3. The molecule has 0 atom stereocenters. The Balaban J connectivity index is 2.82. The van der Waals surface area contributed by atoms with Crippen molar-refractivity contribution in [3.05, 3.63) is 12.3 Å². The van der Waals surface area contributed by atoms with Crippen molar-refractivity contribution in [3.63, 3.8) is 0 Å². The van der Waals surface area contributed by atoms with Crippen molar-refractivity contribution in [3.8, 4) is 0 Å². The smallest absolute Gasteiger partial charge is 0.226 e. The molecule has 0 saturated carbocycles. The van der Waals surface area contributed by atoms with Crippen LogP contribution in [0.2, 0.25) is 0 Å². The second-order valence-electron chi connectivity index (χ2n) is 4.30. The molecule has 0 saturated heterocycles. The predicted octanol–water partition coefficient (Wildman–Crippen LogP) is 0.725. The molecule has 0 aliphatic heterocycles. The molecule has 1 heterocycles. The Morgan fingerprint density at radius 2 is 2.13 bits per heavy atom. The summed E-state index contributed by atoms with van der Waals surface area (Å²) < 4.78 is 0. The van der Waals surface area contributed by atoms with Gasteiger partial charge in [0.15, 0.2) is 0 Å². The molecule has 5 heteroatoms. The van der Waals surface area contributed by atoms with E-state index in [2.05, 4.69) is 15.3 Å². The first-order valence-electron chi connectivity index (χ1n) is 4.84. The Morgan fingerprint density at radius 1 is 1.47 bits per heavy atom. The van der Waals surface area contributed by atoms with Gasteiger partial charge in [-0.2, -0.15) is 4.98 Å². The van der Waals surface area contributed by atoms with E-state index in [9.17, 15) is 0 Å². The van der Waals surface area contributed by atoms with Crippen LogP contribution in [0.25, 0.3) is 0 Å². The van der Waals surface area contributed by atoms with E-state index in [4.69, 9.17) is 5.11 Å². The van der Waals surface area contributed by atoms with Crippen molar-refractivity contribution < 1.29 is 5.11 Å². The molecule has 84 valence electrons. The maximum atomic E-state index is 9.12. The van der Waals surface area contributed by atoms with Gasteiger partial charge >= 0.3 is 0 Å². The fourth-order valence-corrected chi connectivity index (χ4v) is 1.02. The minimum Gasteiger partial charge on any atom is -0.394 e. The number of anilines is 2. The Kier molecular flexibility index (Phi) is 3.47. The number of aliphatic hydroxyl groups excluding tert-OH is 1. The maximum absolute atomic E-state index is 9.12. The van der Waals surface area contributed by atoms with Crippen LogP contribution in [0.3, 0.4) is 0 Å². The first-order valence-corrected chi connectivity index (χ1v) is 4.84. The van der Waals surface area contributed by atoms with Gasteiger partial charge in [0, 0.05) is 20.3 Å². The van der Waals surface area contributed by atoms with Gasteiger partial charge in [-0.1, -0.05) is 0 Å². The normalized spacial score (nSPS) is 11.3. The van der Waals surface area contributed by atoms with Crippen LogP contribution in [0.5, 0.6) is 0 Å². The van der Waals surface area contributed by atoms with Crippen LogP contribution in [0.4, 0.5) is 11.8 Å². The van der Waals surface area contributed by atoms with Crippen LogP contribution in [-0.4, -0.2) is 41.3 Å². The molecular weight excluding hydrogens is 192 g/mol. The summed E-state index contributed by atoms with van der Waals surface area (Å²) in [6.45, 7) is 3.86. The molecule has 2 N–H and O–H groups in total. The Bertz CT molecular complexity index is 325. The van der Waals surface area contributed by atoms with E-state index in [0.717, 1.165) is 0 Å². The van der Waals surface area contributed by atoms with Crippen LogP contribution in [0, 0.1) is 0 Å². The van der Waals surface area contributed by atoms with Gasteiger partial charge in [0.05, 0.1) is 12.1 Å². The van der Waals surface area contributed by atoms with E-state index < -0.39 is 0 Å². The minimum absolute atomic E-state index is 0.0499. The highest BCUT2D eigenvalue weighted by Crippen LogP contribution is 2.13. The molecule has 0 bridgehead atoms. The Morgan fingerprint density at radius 3 is 2.67 bits per heavy atom. The van der Waals surface area contributed by atoms with Gasteiger partial charge in [-0.3, -0.25) is 0 Å². The molecule has 0 unspecified atom stereocenters. The quantitative estimate of drug-likeness (QED) is 0.767. The van der Waals surface area contributed by atoms with Gasteiger partial charge in [0.1, 0.15) is 5.82 Å². The largest absolute Gasteiger partial charge is 0.394 e. The molecule has 0 fully saturated rings. The van der Waals surface area contributed by atoms with E-state index in [1.54, 1.807) is 12.3 Å². The van der Waals surface area contributed by atoms with E-state index in [0.29, 0.717) is 11.8 Å². The third-order valence-electron chi connectivity index (χ3n) is 1.90. The number of nitrogens with one attached hydrogen (secondary N) is 1. The molecule has 1 aromatic heterocycles. The predicted molar refractivity (Wildman–Crippen MR) is 61.1 cm³/mol. The topological polar surface area (TPSA) is 61.3 Å². The summed E-state index contributed by atoms with van der Waals surface area (Å²) in [6.07, 6.45) is 1.69. The van der Waals surface area contributed by atoms with Crippen molar-refractivity contribution in [2.45, 2.75) is 19.4 Å². The number of hydrogen-bond acceptors (Lipinski definition) is 5. The summed E-state index contributed by atoms with van der Waals surface area (Å²) in [7, 11) is 3.77. The SMILES string of the molecule is CN(C)c1nccc(NC(C)(C)CO)n1. The van der Waals surface area contributed by atoms with Gasteiger partial charge in [-0.15, -0.1) is 0 Å². The number of hydrogen-bond donors (Lipinski definition) is 2. The van der Waals surface area contributed by atoms with Gasteiger partial charge in [-0.05, 0) is 19.9 Å². The molecule has 0 aliphatic rings. The molecule has 0 amide bonds. The van der Waals surface area contributed by atoms with Crippen molar-refractivity contribution in [2.24, 2.45) is 0 Å². The number of rotatable bonds is 4. The van der Waals surface area contributed by atoms with Crippen molar-refractivity contribution in [2.75, 3.05) is 30.9 Å². The van der Waals surface area contributed by atoms with Crippen LogP contribution >= 0.6 is 0 Å². The van der Waals surface area contributed by atoms with Crippen LogP contribution in [0.1, 0.15) is 13.8 Å². The van der Waals surface area contributed by atoms with E-state index in [1.807, 2.05) is 32.8 Å². The summed E-state index contributed by atoms with van der Waals surface area (Å²) in [5.74, 6) is 1.36. The lowest BCUT2D eigenvalue weighted by molar-refractivity contribution is 0.234. The van der Waals surface area contributed by atoms with Crippen LogP contribution in [-0.2, 0) is 0 Å². The lowest BCUT2D eigenvalue weighted by Crippen LogP contribution is -2.35. The third-order valence-corrected chi connectivity index (χ3v) is 1.90. The molecule has 1 rings (SSSR count). The summed E-state index contributed by atoms with van der Waals surface area (Å²) >= 11 is 0. The lowest BCUT2D eigenvalue weighted by Gasteiger charge is -2.24. The number of aliphatic hydroxyl groups is 1. The molecule has 0 spiro atoms. The van der Waals surface area contributed by atoms with E-state index >= 15 is 0 Å². The van der Waals surface area contributed by atoms with Crippen molar-refractivity contribution >= 4 is 11.8 Å².